The highest BCUT2D eigenvalue weighted by Crippen LogP contribution is 2.35. The molecule has 3 atom stereocenters. The number of β-lactam (4-membered cyclic amide) rings is 1. The van der Waals surface area contributed by atoms with Crippen LogP contribution in [0.4, 0.5) is 5.13 Å². The Kier molecular flexibility index (Phi) is 6.58. The number of anilines is 1. The second-order valence-corrected chi connectivity index (χ2v) is 10.4. The quantitative estimate of drug-likeness (QED) is 0.262. The fourth-order valence-electron chi connectivity index (χ4n) is 3.48. The average molecular weight is 523 g/mol. The van der Waals surface area contributed by atoms with E-state index in [4.69, 9.17) is 10.6 Å². The summed E-state index contributed by atoms with van der Waals surface area (Å²) in [6.45, 7) is 1.81. The summed E-state index contributed by atoms with van der Waals surface area (Å²) in [4.78, 5) is 52.3. The van der Waals surface area contributed by atoms with Crippen molar-refractivity contribution in [2.75, 3.05) is 18.6 Å². The van der Waals surface area contributed by atoms with E-state index in [0.717, 1.165) is 26.8 Å². The van der Waals surface area contributed by atoms with Crippen LogP contribution in [-0.2, 0) is 30.0 Å². The number of nitrogens with two attached hydrogens (primary N) is 1. The number of carbonyl (C=O) groups excluding carboxylic acids is 2. The van der Waals surface area contributed by atoms with Crippen LogP contribution in [0.15, 0.2) is 33.4 Å². The molecule has 15 heteroatoms. The third kappa shape index (κ3) is 4.24. The van der Waals surface area contributed by atoms with Crippen LogP contribution in [0.2, 0.25) is 0 Å². The molecule has 1 fully saturated rings. The highest BCUT2D eigenvalue weighted by Gasteiger charge is 2.57. The molecule has 0 radical (unpaired) electrons. The Morgan fingerprint density at radius 3 is 2.76 bits per heavy atom. The standard InChI is InChI=1S/C19H18N6O6S3/c1-8-11(33-7-21-8)4-3-9-6-34(30)17-13(16(27)25(17)14(9)18(28)29)23-15(26)12(24-31-2)10-5-32-19(20)22-10/h3-5,7,13,17H,6H2,1-2H3,(H2,20,22)(H,23,26)(H,28,29)/b4-3-,24-12-/t13-,17-,34?/m1/s1. The monoisotopic (exact) mass is 522 g/mol. The second-order valence-electron chi connectivity index (χ2n) is 7.08. The topological polar surface area (TPSA) is 177 Å². The summed E-state index contributed by atoms with van der Waals surface area (Å²) in [5.41, 5.74) is 7.94. The summed E-state index contributed by atoms with van der Waals surface area (Å²) in [6.07, 6.45) is 3.21. The molecule has 4 heterocycles. The van der Waals surface area contributed by atoms with Crippen LogP contribution in [0.25, 0.3) is 6.08 Å². The molecule has 1 unspecified atom stereocenters. The highest BCUT2D eigenvalue weighted by atomic mass is 32.2. The van der Waals surface area contributed by atoms with Gasteiger partial charge in [-0.05, 0) is 18.6 Å². The van der Waals surface area contributed by atoms with Crippen LogP contribution in [0, 0.1) is 6.92 Å². The summed E-state index contributed by atoms with van der Waals surface area (Å²) in [6, 6.07) is -1.20. The van der Waals surface area contributed by atoms with Gasteiger partial charge in [-0.1, -0.05) is 11.2 Å². The van der Waals surface area contributed by atoms with Gasteiger partial charge < -0.3 is 21.0 Å². The van der Waals surface area contributed by atoms with Crippen molar-refractivity contribution in [3.05, 3.63) is 44.5 Å². The van der Waals surface area contributed by atoms with Crippen LogP contribution in [0.1, 0.15) is 16.3 Å². The zero-order valence-corrected chi connectivity index (χ0v) is 20.2. The predicted octanol–water partition coefficient (Wildman–Crippen LogP) is 0.308. The maximum atomic E-state index is 13.0. The van der Waals surface area contributed by atoms with E-state index in [-0.39, 0.29) is 33.6 Å². The fourth-order valence-corrected chi connectivity index (χ4v) is 6.37. The van der Waals surface area contributed by atoms with Crippen molar-refractivity contribution >= 4 is 68.2 Å². The molecule has 0 saturated carbocycles. The number of nitrogen functional groups attached to an aromatic ring is 1. The van der Waals surface area contributed by atoms with E-state index >= 15 is 0 Å². The Morgan fingerprint density at radius 2 is 2.18 bits per heavy atom. The number of carboxylic acids is 1. The molecule has 4 rings (SSSR count). The lowest BCUT2D eigenvalue weighted by atomic mass is 10.0. The van der Waals surface area contributed by atoms with Crippen molar-refractivity contribution in [3.63, 3.8) is 0 Å². The number of aryl methyl sites for hydroxylation is 1. The number of fused-ring (bicyclic) bond motifs is 1. The second kappa shape index (κ2) is 9.44. The molecule has 12 nitrogen and oxygen atoms in total. The molecule has 2 aromatic heterocycles. The molecular formula is C19H18N6O6S3. The van der Waals surface area contributed by atoms with E-state index < -0.39 is 40.0 Å². The van der Waals surface area contributed by atoms with Gasteiger partial charge in [0.25, 0.3) is 11.8 Å². The van der Waals surface area contributed by atoms with Gasteiger partial charge in [0.05, 0.1) is 27.8 Å². The molecular weight excluding hydrogens is 504 g/mol. The normalized spacial score (nSPS) is 22.5. The number of thiazole rings is 2. The van der Waals surface area contributed by atoms with Crippen molar-refractivity contribution < 1.29 is 28.5 Å². The number of nitrogens with zero attached hydrogens (tertiary/aromatic N) is 4. The van der Waals surface area contributed by atoms with Gasteiger partial charge in [-0.15, -0.1) is 22.7 Å². The third-order valence-electron chi connectivity index (χ3n) is 5.03. The lowest BCUT2D eigenvalue weighted by molar-refractivity contribution is -0.150. The van der Waals surface area contributed by atoms with E-state index in [1.54, 1.807) is 11.6 Å². The molecule has 0 aliphatic carbocycles. The van der Waals surface area contributed by atoms with E-state index in [2.05, 4.69) is 20.4 Å². The first kappa shape index (κ1) is 23.7. The number of carbonyl (C=O) groups is 3. The van der Waals surface area contributed by atoms with Gasteiger partial charge in [0.15, 0.2) is 10.8 Å². The Labute approximate surface area is 203 Å². The molecule has 2 amide bonds. The average Bonchev–Trinajstić information content (AvgIpc) is 3.41. The number of aliphatic carboxylic acids is 1. The van der Waals surface area contributed by atoms with Gasteiger partial charge in [-0.3, -0.25) is 18.7 Å². The minimum atomic E-state index is -1.67. The third-order valence-corrected chi connectivity index (χ3v) is 8.21. The summed E-state index contributed by atoms with van der Waals surface area (Å²) in [7, 11) is -0.434. The van der Waals surface area contributed by atoms with Crippen molar-refractivity contribution in [2.24, 2.45) is 5.16 Å². The summed E-state index contributed by atoms with van der Waals surface area (Å²) < 4.78 is 13.0. The minimum Gasteiger partial charge on any atom is -0.477 e. The van der Waals surface area contributed by atoms with Gasteiger partial charge >= 0.3 is 5.97 Å². The first-order valence-corrected chi connectivity index (χ1v) is 12.7. The summed E-state index contributed by atoms with van der Waals surface area (Å²) >= 11 is 2.46. The number of rotatable bonds is 7. The Balaban J connectivity index is 1.59. The number of hydrogen-bond acceptors (Lipinski definition) is 11. The van der Waals surface area contributed by atoms with E-state index in [0.29, 0.717) is 0 Å². The Hall–Kier alpha value is -3.43. The molecule has 2 aliphatic rings. The van der Waals surface area contributed by atoms with Gasteiger partial charge in [0, 0.05) is 10.3 Å². The van der Waals surface area contributed by atoms with Crippen molar-refractivity contribution in [1.29, 1.82) is 0 Å². The minimum absolute atomic E-state index is 0.0988. The molecule has 0 aromatic carbocycles. The molecule has 1 saturated heterocycles. The van der Waals surface area contributed by atoms with Crippen LogP contribution in [-0.4, -0.2) is 72.0 Å². The zero-order chi connectivity index (χ0) is 24.6. The SMILES string of the molecule is CO/N=C(\C(=O)N[C@@H]1C(=O)N2C(C(=O)O)=C(/C=C\c3scnc3C)CS(=O)[C@H]12)c1csc(N)n1. The number of amides is 2. The van der Waals surface area contributed by atoms with E-state index in [1.165, 1.54) is 29.9 Å². The molecule has 0 bridgehead atoms. The summed E-state index contributed by atoms with van der Waals surface area (Å²) in [5.74, 6) is -2.92. The number of hydrogen-bond donors (Lipinski definition) is 3. The molecule has 178 valence electrons. The van der Waals surface area contributed by atoms with Gasteiger partial charge in [0.1, 0.15) is 29.9 Å². The number of allylic oxidation sites excluding steroid dienone is 1. The van der Waals surface area contributed by atoms with Gasteiger partial charge in [0.2, 0.25) is 0 Å². The van der Waals surface area contributed by atoms with Crippen LogP contribution >= 0.6 is 22.7 Å². The van der Waals surface area contributed by atoms with Crippen LogP contribution in [0.3, 0.4) is 0 Å². The van der Waals surface area contributed by atoms with Gasteiger partial charge in [-0.2, -0.15) is 0 Å². The Bertz CT molecular complexity index is 1290. The maximum absolute atomic E-state index is 13.0. The first-order valence-electron chi connectivity index (χ1n) is 9.61. The van der Waals surface area contributed by atoms with Gasteiger partial charge in [-0.25, -0.2) is 14.8 Å². The lowest BCUT2D eigenvalue weighted by Gasteiger charge is -2.48. The maximum Gasteiger partial charge on any atom is 0.352 e. The van der Waals surface area contributed by atoms with E-state index in [1.807, 2.05) is 6.92 Å². The molecule has 2 aliphatic heterocycles. The van der Waals surface area contributed by atoms with Crippen molar-refractivity contribution in [3.8, 4) is 0 Å². The smallest absolute Gasteiger partial charge is 0.352 e. The highest BCUT2D eigenvalue weighted by molar-refractivity contribution is 7.86. The van der Waals surface area contributed by atoms with Crippen molar-refractivity contribution in [1.82, 2.24) is 20.2 Å². The number of nitrogens with one attached hydrogen (secondary N) is 1. The first-order chi connectivity index (χ1) is 16.2. The number of oxime groups is 1. The molecule has 0 spiro atoms. The molecule has 2 aromatic rings. The zero-order valence-electron chi connectivity index (χ0n) is 17.8. The summed E-state index contributed by atoms with van der Waals surface area (Å²) in [5, 5.41) is 16.6. The van der Waals surface area contributed by atoms with Crippen LogP contribution < -0.4 is 11.1 Å². The van der Waals surface area contributed by atoms with E-state index in [9.17, 15) is 23.7 Å². The Morgan fingerprint density at radius 1 is 1.41 bits per heavy atom. The fraction of sp³-hybridized carbons (Fsp3) is 0.263. The van der Waals surface area contributed by atoms with Crippen molar-refractivity contribution in [2.45, 2.75) is 18.3 Å². The molecule has 4 N–H and O–H groups in total. The number of carboxylic acid groups (broad SMARTS) is 1. The van der Waals surface area contributed by atoms with Crippen LogP contribution in [0.5, 0.6) is 0 Å². The predicted molar refractivity (Wildman–Crippen MR) is 126 cm³/mol. The number of aromatic nitrogens is 2. The largest absolute Gasteiger partial charge is 0.477 e. The molecule has 34 heavy (non-hydrogen) atoms. The lowest BCUT2D eigenvalue weighted by Crippen LogP contribution is -2.74.